The number of nitrogens with one attached hydrogen (secondary N) is 2. The number of benzene rings is 2. The third kappa shape index (κ3) is 6.11. The second-order valence-electron chi connectivity index (χ2n) is 7.35. The summed E-state index contributed by atoms with van der Waals surface area (Å²) in [5.41, 5.74) is 1.01. The molecule has 1 fully saturated rings. The second kappa shape index (κ2) is 10.8. The van der Waals surface area contributed by atoms with E-state index in [1.54, 1.807) is 24.3 Å². The van der Waals surface area contributed by atoms with Gasteiger partial charge in [-0.05, 0) is 53.9 Å². The molecule has 0 aliphatic carbocycles. The molecule has 178 valence electrons. The third-order valence-electron chi connectivity index (χ3n) is 4.98. The fraction of sp³-hybridized carbons (Fsp3) is 0.174. The van der Waals surface area contributed by atoms with E-state index in [1.807, 2.05) is 22.4 Å². The molecular formula is C23H21Cl2N3O4S2. The Labute approximate surface area is 212 Å². The molecule has 2 N–H and O–H groups in total. The van der Waals surface area contributed by atoms with Gasteiger partial charge in [0, 0.05) is 34.8 Å². The molecule has 1 amide bonds. The number of hydrogen-bond acceptors (Lipinski definition) is 6. The first-order valence-corrected chi connectivity index (χ1v) is 13.4. The Morgan fingerprint density at radius 2 is 1.88 bits per heavy atom. The average Bonchev–Trinajstić information content (AvgIpc) is 3.34. The van der Waals surface area contributed by atoms with Crippen molar-refractivity contribution in [2.24, 2.45) is 0 Å². The number of carbonyl (C=O) groups excluding carboxylic acids is 1. The maximum atomic E-state index is 13.5. The van der Waals surface area contributed by atoms with Crippen LogP contribution in [0.5, 0.6) is 0 Å². The lowest BCUT2D eigenvalue weighted by atomic mass is 10.2. The summed E-state index contributed by atoms with van der Waals surface area (Å²) in [4.78, 5) is 15.3. The molecule has 2 aromatic carbocycles. The van der Waals surface area contributed by atoms with Gasteiger partial charge in [0.15, 0.2) is 0 Å². The molecule has 4 rings (SSSR count). The van der Waals surface area contributed by atoms with Crippen molar-refractivity contribution in [3.8, 4) is 0 Å². The van der Waals surface area contributed by atoms with Gasteiger partial charge in [0.1, 0.15) is 4.90 Å². The van der Waals surface area contributed by atoms with Crippen LogP contribution in [0.3, 0.4) is 0 Å². The number of halogens is 2. The summed E-state index contributed by atoms with van der Waals surface area (Å²) in [6.45, 7) is 2.05. The minimum absolute atomic E-state index is 0.00507. The quantitative estimate of drug-likeness (QED) is 0.397. The van der Waals surface area contributed by atoms with Crippen LogP contribution in [0.4, 0.5) is 17.1 Å². The SMILES string of the molecule is O=C(C=Cc1cccs1)Nc1ccc(N2CCOCC2)c(S(=O)(=O)Nc2cc(Cl)ccc2Cl)c1. The van der Waals surface area contributed by atoms with Crippen molar-refractivity contribution in [2.75, 3.05) is 41.2 Å². The fourth-order valence-corrected chi connectivity index (χ4v) is 5.71. The number of carbonyl (C=O) groups is 1. The first kappa shape index (κ1) is 24.6. The molecule has 1 aromatic heterocycles. The number of anilines is 3. The molecule has 11 heteroatoms. The zero-order valence-electron chi connectivity index (χ0n) is 17.8. The molecule has 1 aliphatic heterocycles. The lowest BCUT2D eigenvalue weighted by Crippen LogP contribution is -2.37. The number of sulfonamides is 1. The van der Waals surface area contributed by atoms with Crippen molar-refractivity contribution in [1.82, 2.24) is 0 Å². The second-order valence-corrected chi connectivity index (χ2v) is 10.8. The van der Waals surface area contributed by atoms with Crippen LogP contribution in [0.1, 0.15) is 4.88 Å². The summed E-state index contributed by atoms with van der Waals surface area (Å²) in [6, 6.07) is 13.1. The van der Waals surface area contributed by atoms with Gasteiger partial charge in [0.25, 0.3) is 10.0 Å². The van der Waals surface area contributed by atoms with E-state index >= 15 is 0 Å². The Morgan fingerprint density at radius 1 is 1.09 bits per heavy atom. The number of amides is 1. The Kier molecular flexibility index (Phi) is 7.80. The Morgan fingerprint density at radius 3 is 2.62 bits per heavy atom. The number of morpholine rings is 1. The lowest BCUT2D eigenvalue weighted by molar-refractivity contribution is -0.111. The van der Waals surface area contributed by atoms with Gasteiger partial charge in [-0.2, -0.15) is 0 Å². The minimum Gasteiger partial charge on any atom is -0.378 e. The van der Waals surface area contributed by atoms with Crippen LogP contribution >= 0.6 is 34.5 Å². The van der Waals surface area contributed by atoms with Gasteiger partial charge in [0.2, 0.25) is 5.91 Å². The van der Waals surface area contributed by atoms with Crippen LogP contribution < -0.4 is 14.9 Å². The topological polar surface area (TPSA) is 87.7 Å². The summed E-state index contributed by atoms with van der Waals surface area (Å²) >= 11 is 13.7. The lowest BCUT2D eigenvalue weighted by Gasteiger charge is -2.30. The van der Waals surface area contributed by atoms with E-state index in [1.165, 1.54) is 35.6 Å². The summed E-state index contributed by atoms with van der Waals surface area (Å²) < 4.78 is 34.8. The summed E-state index contributed by atoms with van der Waals surface area (Å²) in [5, 5.41) is 5.20. The molecule has 0 radical (unpaired) electrons. The standard InChI is InChI=1S/C23H21Cl2N3O4S2/c24-16-3-6-19(25)20(14-16)27-34(30,31)22-15-17(4-7-21(22)28-9-11-32-12-10-28)26-23(29)8-5-18-2-1-13-33-18/h1-8,13-15,27H,9-12H2,(H,26,29). The molecule has 7 nitrogen and oxygen atoms in total. The van der Waals surface area contributed by atoms with Gasteiger partial charge >= 0.3 is 0 Å². The van der Waals surface area contributed by atoms with Crippen LogP contribution in [0.2, 0.25) is 10.0 Å². The van der Waals surface area contributed by atoms with Crippen molar-refractivity contribution in [1.29, 1.82) is 0 Å². The maximum absolute atomic E-state index is 13.5. The summed E-state index contributed by atoms with van der Waals surface area (Å²) in [6.07, 6.45) is 3.10. The highest BCUT2D eigenvalue weighted by Crippen LogP contribution is 2.33. The van der Waals surface area contributed by atoms with E-state index in [-0.39, 0.29) is 21.5 Å². The van der Waals surface area contributed by atoms with Crippen LogP contribution in [0.25, 0.3) is 6.08 Å². The number of ether oxygens (including phenoxy) is 1. The van der Waals surface area contributed by atoms with Crippen molar-refractivity contribution in [3.63, 3.8) is 0 Å². The molecule has 3 aromatic rings. The molecule has 0 bridgehead atoms. The van der Waals surface area contributed by atoms with E-state index in [2.05, 4.69) is 10.0 Å². The number of rotatable bonds is 7. The molecule has 0 spiro atoms. The van der Waals surface area contributed by atoms with E-state index in [0.29, 0.717) is 42.7 Å². The van der Waals surface area contributed by atoms with Gasteiger partial charge in [0.05, 0.1) is 29.6 Å². The highest BCUT2D eigenvalue weighted by Gasteiger charge is 2.25. The van der Waals surface area contributed by atoms with Gasteiger partial charge in [-0.25, -0.2) is 8.42 Å². The van der Waals surface area contributed by atoms with E-state index in [0.717, 1.165) is 4.88 Å². The van der Waals surface area contributed by atoms with E-state index in [4.69, 9.17) is 27.9 Å². The van der Waals surface area contributed by atoms with Crippen molar-refractivity contribution >= 4 is 73.6 Å². The van der Waals surface area contributed by atoms with Crippen molar-refractivity contribution in [3.05, 3.63) is 74.9 Å². The Hall–Kier alpha value is -2.56. The van der Waals surface area contributed by atoms with Crippen molar-refractivity contribution in [2.45, 2.75) is 4.90 Å². The normalized spacial score (nSPS) is 14.4. The zero-order valence-corrected chi connectivity index (χ0v) is 21.0. The third-order valence-corrected chi connectivity index (χ3v) is 7.78. The summed E-state index contributed by atoms with van der Waals surface area (Å²) in [5.74, 6) is -0.373. The molecule has 0 saturated carbocycles. The highest BCUT2D eigenvalue weighted by atomic mass is 35.5. The van der Waals surface area contributed by atoms with E-state index < -0.39 is 10.0 Å². The van der Waals surface area contributed by atoms with Gasteiger partial charge in [-0.15, -0.1) is 11.3 Å². The van der Waals surface area contributed by atoms with Crippen LogP contribution in [-0.2, 0) is 19.6 Å². The van der Waals surface area contributed by atoms with Crippen LogP contribution in [0, 0.1) is 0 Å². The fourth-order valence-electron chi connectivity index (χ4n) is 3.38. The highest BCUT2D eigenvalue weighted by molar-refractivity contribution is 7.93. The smallest absolute Gasteiger partial charge is 0.264 e. The molecule has 34 heavy (non-hydrogen) atoms. The maximum Gasteiger partial charge on any atom is 0.264 e. The summed E-state index contributed by atoms with van der Waals surface area (Å²) in [7, 11) is -4.08. The van der Waals surface area contributed by atoms with Gasteiger partial charge < -0.3 is 15.0 Å². The molecule has 0 unspecified atom stereocenters. The predicted octanol–water partition coefficient (Wildman–Crippen LogP) is 5.34. The molecule has 2 heterocycles. The van der Waals surface area contributed by atoms with Crippen LogP contribution in [0.15, 0.2) is 64.9 Å². The largest absolute Gasteiger partial charge is 0.378 e. The molecular weight excluding hydrogens is 517 g/mol. The van der Waals surface area contributed by atoms with Gasteiger partial charge in [-0.3, -0.25) is 9.52 Å². The number of thiophene rings is 1. The first-order chi connectivity index (χ1) is 16.3. The van der Waals surface area contributed by atoms with E-state index in [9.17, 15) is 13.2 Å². The monoisotopic (exact) mass is 537 g/mol. The van der Waals surface area contributed by atoms with Crippen molar-refractivity contribution < 1.29 is 17.9 Å². The molecule has 1 saturated heterocycles. The predicted molar refractivity (Wildman–Crippen MR) is 139 cm³/mol. The van der Waals surface area contributed by atoms with Crippen LogP contribution in [-0.4, -0.2) is 40.6 Å². The molecule has 0 atom stereocenters. The van der Waals surface area contributed by atoms with Gasteiger partial charge in [-0.1, -0.05) is 29.3 Å². The Balaban J connectivity index is 1.65. The average molecular weight is 538 g/mol. The number of hydrogen-bond donors (Lipinski definition) is 2. The minimum atomic E-state index is -4.08. The molecule has 1 aliphatic rings. The number of nitrogens with zero attached hydrogens (tertiary/aromatic N) is 1. The zero-order chi connectivity index (χ0) is 24.1. The Bertz CT molecular complexity index is 1310. The first-order valence-electron chi connectivity index (χ1n) is 10.3.